The van der Waals surface area contributed by atoms with Crippen molar-refractivity contribution in [1.82, 2.24) is 24.2 Å². The number of ketones is 1. The van der Waals surface area contributed by atoms with Crippen molar-refractivity contribution in [3.05, 3.63) is 82.2 Å². The van der Waals surface area contributed by atoms with Crippen LogP contribution in [-0.4, -0.2) is 60.4 Å². The van der Waals surface area contributed by atoms with Gasteiger partial charge < -0.3 is 10.8 Å². The minimum atomic E-state index is -1.09. The van der Waals surface area contributed by atoms with E-state index in [1.54, 1.807) is 23.9 Å². The molecule has 0 unspecified atom stereocenters. The minimum Gasteiger partial charge on any atom is -0.388 e. The van der Waals surface area contributed by atoms with Gasteiger partial charge >= 0.3 is 0 Å². The number of aromatic nitrogens is 4. The van der Waals surface area contributed by atoms with Crippen molar-refractivity contribution in [1.29, 1.82) is 0 Å². The molecular formula is C30H35FN6O3. The number of nitrogens with two attached hydrogens (primary N) is 1. The SMILES string of the molecule is C[C@H](CC(=O)CN1CCC(O)(Cn2cnc3c(-c4ccc(CN)cc4)n(C)nc3c2=O)CC1)c1ccc(F)cc1. The Hall–Kier alpha value is -3.73. The molecule has 1 saturated heterocycles. The number of nitrogens with zero attached hydrogens (tertiary/aromatic N) is 5. The number of likely N-dealkylation sites (tertiary alicyclic amines) is 1. The molecule has 0 amide bonds. The molecular weight excluding hydrogens is 511 g/mol. The summed E-state index contributed by atoms with van der Waals surface area (Å²) >= 11 is 0. The van der Waals surface area contributed by atoms with Crippen LogP contribution >= 0.6 is 0 Å². The van der Waals surface area contributed by atoms with Gasteiger partial charge in [0.25, 0.3) is 5.56 Å². The second-order valence-corrected chi connectivity index (χ2v) is 10.9. The molecule has 1 aliphatic heterocycles. The highest BCUT2D eigenvalue weighted by atomic mass is 19.1. The summed E-state index contributed by atoms with van der Waals surface area (Å²) in [6.45, 7) is 3.91. The summed E-state index contributed by atoms with van der Waals surface area (Å²) in [6, 6.07) is 14.0. The van der Waals surface area contributed by atoms with Crippen LogP contribution in [0.1, 0.15) is 43.2 Å². The first kappa shape index (κ1) is 27.8. The van der Waals surface area contributed by atoms with Gasteiger partial charge in [-0.2, -0.15) is 5.10 Å². The smallest absolute Gasteiger partial charge is 0.281 e. The number of piperidine rings is 1. The van der Waals surface area contributed by atoms with Crippen LogP contribution in [-0.2, 0) is 24.9 Å². The van der Waals surface area contributed by atoms with Crippen molar-refractivity contribution < 1.29 is 14.3 Å². The van der Waals surface area contributed by atoms with Crippen LogP contribution in [0.2, 0.25) is 0 Å². The number of aryl methyl sites for hydroxylation is 1. The van der Waals surface area contributed by atoms with Gasteiger partial charge in [0.15, 0.2) is 5.52 Å². The highest BCUT2D eigenvalue weighted by Gasteiger charge is 2.34. The fraction of sp³-hybridized carbons (Fsp3) is 0.400. The average molecular weight is 547 g/mol. The Morgan fingerprint density at radius 3 is 2.42 bits per heavy atom. The van der Waals surface area contributed by atoms with Gasteiger partial charge in [-0.1, -0.05) is 43.3 Å². The molecule has 3 N–H and O–H groups in total. The zero-order valence-corrected chi connectivity index (χ0v) is 22.9. The lowest BCUT2D eigenvalue weighted by atomic mass is 9.90. The number of aliphatic hydroxyl groups is 1. The number of carbonyl (C=O) groups excluding carboxylic acids is 1. The number of fused-ring (bicyclic) bond motifs is 1. The lowest BCUT2D eigenvalue weighted by Crippen LogP contribution is -2.49. The third-order valence-electron chi connectivity index (χ3n) is 7.90. The Morgan fingerprint density at radius 2 is 1.77 bits per heavy atom. The van der Waals surface area contributed by atoms with Crippen molar-refractivity contribution in [2.75, 3.05) is 19.6 Å². The fourth-order valence-electron chi connectivity index (χ4n) is 5.50. The molecule has 2 aromatic carbocycles. The maximum absolute atomic E-state index is 13.3. The third kappa shape index (κ3) is 5.89. The van der Waals surface area contributed by atoms with Crippen LogP contribution in [0.25, 0.3) is 22.3 Å². The van der Waals surface area contributed by atoms with Crippen LogP contribution in [0.4, 0.5) is 4.39 Å². The molecule has 0 spiro atoms. The van der Waals surface area contributed by atoms with Crippen molar-refractivity contribution >= 4 is 16.8 Å². The van der Waals surface area contributed by atoms with E-state index in [0.717, 1.165) is 22.4 Å². The van der Waals surface area contributed by atoms with Gasteiger partial charge in [0.2, 0.25) is 0 Å². The highest BCUT2D eigenvalue weighted by molar-refractivity contribution is 5.89. The predicted molar refractivity (Wildman–Crippen MR) is 151 cm³/mol. The topological polar surface area (TPSA) is 119 Å². The Labute approximate surface area is 232 Å². The lowest BCUT2D eigenvalue weighted by molar-refractivity contribution is -0.122. The zero-order valence-electron chi connectivity index (χ0n) is 22.9. The first-order valence-electron chi connectivity index (χ1n) is 13.6. The monoisotopic (exact) mass is 546 g/mol. The van der Waals surface area contributed by atoms with Gasteiger partial charge in [0.1, 0.15) is 17.1 Å². The van der Waals surface area contributed by atoms with Crippen molar-refractivity contribution in [2.45, 2.75) is 50.8 Å². The van der Waals surface area contributed by atoms with E-state index in [9.17, 15) is 19.1 Å². The third-order valence-corrected chi connectivity index (χ3v) is 7.90. The molecule has 5 rings (SSSR count). The number of benzene rings is 2. The standard InChI is InChI=1S/C30H35FN6O3/c1-20(22-7-9-24(31)10-8-22)15-25(38)17-36-13-11-30(40,12-14-36)18-37-19-33-26-27(29(37)39)34-35(2)28(26)23-5-3-21(16-32)4-6-23/h3-10,19-20,40H,11-18,32H2,1-2H3/t20-/m1/s1. The maximum atomic E-state index is 13.3. The maximum Gasteiger partial charge on any atom is 0.281 e. The van der Waals surface area contributed by atoms with Crippen LogP contribution in [0.3, 0.4) is 0 Å². The number of hydrogen-bond acceptors (Lipinski definition) is 7. The first-order valence-corrected chi connectivity index (χ1v) is 13.6. The summed E-state index contributed by atoms with van der Waals surface area (Å²) in [5.74, 6) is -0.182. The van der Waals surface area contributed by atoms with Gasteiger partial charge in [-0.25, -0.2) is 9.37 Å². The molecule has 0 radical (unpaired) electrons. The fourth-order valence-corrected chi connectivity index (χ4v) is 5.50. The number of halogens is 1. The molecule has 2 aromatic heterocycles. The van der Waals surface area contributed by atoms with Gasteiger partial charge in [-0.05, 0) is 42.0 Å². The molecule has 0 saturated carbocycles. The van der Waals surface area contributed by atoms with Gasteiger partial charge in [0.05, 0.1) is 30.7 Å². The summed E-state index contributed by atoms with van der Waals surface area (Å²) in [5.41, 5.74) is 8.67. The average Bonchev–Trinajstić information content (AvgIpc) is 3.28. The van der Waals surface area contributed by atoms with Crippen LogP contribution in [0.15, 0.2) is 59.7 Å². The molecule has 4 aromatic rings. The molecule has 210 valence electrons. The van der Waals surface area contributed by atoms with E-state index >= 15 is 0 Å². The Morgan fingerprint density at radius 1 is 1.10 bits per heavy atom. The quantitative estimate of drug-likeness (QED) is 0.331. The highest BCUT2D eigenvalue weighted by Crippen LogP contribution is 2.27. The van der Waals surface area contributed by atoms with Crippen molar-refractivity contribution in [3.8, 4) is 11.3 Å². The van der Waals surface area contributed by atoms with E-state index in [0.29, 0.717) is 51.0 Å². The Kier molecular flexibility index (Phi) is 7.93. The number of hydrogen-bond donors (Lipinski definition) is 2. The van der Waals surface area contributed by atoms with Gasteiger partial charge in [0, 0.05) is 38.7 Å². The molecule has 1 fully saturated rings. The van der Waals surface area contributed by atoms with Crippen LogP contribution in [0, 0.1) is 5.82 Å². The van der Waals surface area contributed by atoms with Crippen molar-refractivity contribution in [3.63, 3.8) is 0 Å². The molecule has 1 atom stereocenters. The minimum absolute atomic E-state index is 0.00142. The molecule has 10 heteroatoms. The Bertz CT molecular complexity index is 1550. The molecule has 0 aliphatic carbocycles. The lowest BCUT2D eigenvalue weighted by Gasteiger charge is -2.38. The summed E-state index contributed by atoms with van der Waals surface area (Å²) in [7, 11) is 1.78. The second kappa shape index (κ2) is 11.4. The molecule has 40 heavy (non-hydrogen) atoms. The van der Waals surface area contributed by atoms with E-state index < -0.39 is 5.60 Å². The number of rotatable bonds is 9. The zero-order chi connectivity index (χ0) is 28.4. The molecule has 0 bridgehead atoms. The van der Waals surface area contributed by atoms with Gasteiger partial charge in [-0.15, -0.1) is 0 Å². The number of carbonyl (C=O) groups is 1. The molecule has 1 aliphatic rings. The van der Waals surface area contributed by atoms with E-state index in [-0.39, 0.29) is 35.1 Å². The Balaban J connectivity index is 1.22. The largest absolute Gasteiger partial charge is 0.388 e. The normalized spacial score (nSPS) is 16.3. The van der Waals surface area contributed by atoms with Crippen LogP contribution in [0.5, 0.6) is 0 Å². The molecule has 9 nitrogen and oxygen atoms in total. The molecule has 3 heterocycles. The van der Waals surface area contributed by atoms with E-state index in [1.807, 2.05) is 36.1 Å². The number of Topliss-reactive ketones (excluding diaryl/α,β-unsaturated/α-hetero) is 1. The van der Waals surface area contributed by atoms with E-state index in [4.69, 9.17) is 5.73 Å². The summed E-state index contributed by atoms with van der Waals surface area (Å²) in [4.78, 5) is 32.6. The van der Waals surface area contributed by atoms with E-state index in [1.165, 1.54) is 23.0 Å². The summed E-state index contributed by atoms with van der Waals surface area (Å²) in [5, 5.41) is 15.8. The second-order valence-electron chi connectivity index (χ2n) is 10.9. The van der Waals surface area contributed by atoms with Crippen LogP contribution < -0.4 is 11.3 Å². The summed E-state index contributed by atoms with van der Waals surface area (Å²) in [6.07, 6.45) is 2.71. The summed E-state index contributed by atoms with van der Waals surface area (Å²) < 4.78 is 16.3. The van der Waals surface area contributed by atoms with Crippen molar-refractivity contribution in [2.24, 2.45) is 12.8 Å². The van der Waals surface area contributed by atoms with E-state index in [2.05, 4.69) is 10.1 Å². The predicted octanol–water partition coefficient (Wildman–Crippen LogP) is 2.98. The van der Waals surface area contributed by atoms with Gasteiger partial charge in [-0.3, -0.25) is 23.7 Å². The first-order chi connectivity index (χ1) is 19.2.